The van der Waals surface area contributed by atoms with Gasteiger partial charge in [0.15, 0.2) is 5.82 Å². The molecule has 3 rings (SSSR count). The molecule has 0 spiro atoms. The summed E-state index contributed by atoms with van der Waals surface area (Å²) in [5.41, 5.74) is 2.53. The van der Waals surface area contributed by atoms with Gasteiger partial charge in [-0.2, -0.15) is 0 Å². The van der Waals surface area contributed by atoms with Crippen LogP contribution >= 0.6 is 0 Å². The molecule has 1 fully saturated rings. The molecule has 2 heterocycles. The number of carbonyl (C=O) groups is 1. The zero-order valence-electron chi connectivity index (χ0n) is 17.2. The SMILES string of the molecule is CNc1cc(C)nc(-c2ccc(C(=O)N3CCC(C(C)COC)CC3)cc2)n1. The first-order chi connectivity index (χ1) is 13.5. The summed E-state index contributed by atoms with van der Waals surface area (Å²) in [5, 5.41) is 3.05. The first-order valence-electron chi connectivity index (χ1n) is 9.94. The molecule has 1 aromatic carbocycles. The van der Waals surface area contributed by atoms with Gasteiger partial charge in [0.05, 0.1) is 0 Å². The van der Waals surface area contributed by atoms with Crippen molar-refractivity contribution in [1.29, 1.82) is 0 Å². The molecule has 6 nitrogen and oxygen atoms in total. The Morgan fingerprint density at radius 1 is 1.25 bits per heavy atom. The highest BCUT2D eigenvalue weighted by Gasteiger charge is 2.26. The zero-order chi connectivity index (χ0) is 20.1. The number of likely N-dealkylation sites (tertiary alicyclic amines) is 1. The average Bonchev–Trinajstić information content (AvgIpc) is 2.73. The van der Waals surface area contributed by atoms with E-state index in [1.807, 2.05) is 49.2 Å². The van der Waals surface area contributed by atoms with Crippen molar-refractivity contribution < 1.29 is 9.53 Å². The van der Waals surface area contributed by atoms with E-state index >= 15 is 0 Å². The van der Waals surface area contributed by atoms with Gasteiger partial charge in [-0.05, 0) is 43.7 Å². The number of carbonyl (C=O) groups excluding carboxylic acids is 1. The van der Waals surface area contributed by atoms with Crippen molar-refractivity contribution >= 4 is 11.7 Å². The number of aromatic nitrogens is 2. The van der Waals surface area contributed by atoms with E-state index in [0.29, 0.717) is 23.2 Å². The van der Waals surface area contributed by atoms with Crippen LogP contribution in [-0.4, -0.2) is 54.6 Å². The molecule has 150 valence electrons. The molecule has 1 aliphatic heterocycles. The lowest BCUT2D eigenvalue weighted by Gasteiger charge is -2.34. The van der Waals surface area contributed by atoms with Crippen LogP contribution in [0, 0.1) is 18.8 Å². The van der Waals surface area contributed by atoms with Gasteiger partial charge in [-0.25, -0.2) is 9.97 Å². The molecular formula is C22H30N4O2. The Hall–Kier alpha value is -2.47. The maximum absolute atomic E-state index is 12.9. The fraction of sp³-hybridized carbons (Fsp3) is 0.500. The van der Waals surface area contributed by atoms with E-state index in [-0.39, 0.29) is 5.91 Å². The summed E-state index contributed by atoms with van der Waals surface area (Å²) in [4.78, 5) is 23.8. The summed E-state index contributed by atoms with van der Waals surface area (Å²) >= 11 is 0. The van der Waals surface area contributed by atoms with E-state index in [1.165, 1.54) is 0 Å². The number of methoxy groups -OCH3 is 1. The van der Waals surface area contributed by atoms with Crippen molar-refractivity contribution in [3.63, 3.8) is 0 Å². The van der Waals surface area contributed by atoms with Crippen LogP contribution in [-0.2, 0) is 4.74 Å². The van der Waals surface area contributed by atoms with Gasteiger partial charge in [0.1, 0.15) is 5.82 Å². The largest absolute Gasteiger partial charge is 0.384 e. The second-order valence-electron chi connectivity index (χ2n) is 7.61. The Bertz CT molecular complexity index is 799. The van der Waals surface area contributed by atoms with Crippen molar-refractivity contribution in [3.8, 4) is 11.4 Å². The lowest BCUT2D eigenvalue weighted by Crippen LogP contribution is -2.40. The number of nitrogens with zero attached hydrogens (tertiary/aromatic N) is 3. The van der Waals surface area contributed by atoms with Gasteiger partial charge in [0.2, 0.25) is 0 Å². The number of hydrogen-bond acceptors (Lipinski definition) is 5. The van der Waals surface area contributed by atoms with Crippen LogP contribution in [0.25, 0.3) is 11.4 Å². The van der Waals surface area contributed by atoms with Gasteiger partial charge in [0, 0.05) is 56.7 Å². The van der Waals surface area contributed by atoms with Crippen molar-refractivity contribution in [1.82, 2.24) is 14.9 Å². The molecule has 2 aromatic rings. The Labute approximate surface area is 167 Å². The fourth-order valence-corrected chi connectivity index (χ4v) is 3.84. The second kappa shape index (κ2) is 9.15. The topological polar surface area (TPSA) is 67.4 Å². The number of ether oxygens (including phenoxy) is 1. The number of benzene rings is 1. The number of hydrogen-bond donors (Lipinski definition) is 1. The minimum absolute atomic E-state index is 0.102. The molecule has 28 heavy (non-hydrogen) atoms. The van der Waals surface area contributed by atoms with E-state index in [9.17, 15) is 4.79 Å². The van der Waals surface area contributed by atoms with E-state index < -0.39 is 0 Å². The number of rotatable bonds is 6. The standard InChI is InChI=1S/C22H30N4O2/c1-15(14-28-4)17-9-11-26(12-10-17)22(27)19-7-5-18(6-8-19)21-24-16(2)13-20(23-3)25-21/h5-8,13,15,17H,9-12,14H2,1-4H3,(H,23,24,25). The van der Waals surface area contributed by atoms with Gasteiger partial charge in [-0.1, -0.05) is 19.1 Å². The first kappa shape index (κ1) is 20.3. The number of aryl methyl sites for hydroxylation is 1. The summed E-state index contributed by atoms with van der Waals surface area (Å²) in [6.07, 6.45) is 2.08. The zero-order valence-corrected chi connectivity index (χ0v) is 17.2. The lowest BCUT2D eigenvalue weighted by molar-refractivity contribution is 0.0598. The predicted molar refractivity (Wildman–Crippen MR) is 111 cm³/mol. The van der Waals surface area contributed by atoms with Crippen LogP contribution in [0.15, 0.2) is 30.3 Å². The van der Waals surface area contributed by atoms with Crippen molar-refractivity contribution in [2.45, 2.75) is 26.7 Å². The van der Waals surface area contributed by atoms with Crippen LogP contribution in [0.4, 0.5) is 5.82 Å². The van der Waals surface area contributed by atoms with Crippen LogP contribution in [0.5, 0.6) is 0 Å². The second-order valence-corrected chi connectivity index (χ2v) is 7.61. The molecule has 1 atom stereocenters. The van der Waals surface area contributed by atoms with Crippen LogP contribution in [0.3, 0.4) is 0 Å². The van der Waals surface area contributed by atoms with Crippen LogP contribution in [0.2, 0.25) is 0 Å². The Morgan fingerprint density at radius 3 is 2.54 bits per heavy atom. The summed E-state index contributed by atoms with van der Waals surface area (Å²) in [6.45, 7) is 6.59. The molecule has 1 unspecified atom stereocenters. The first-order valence-corrected chi connectivity index (χ1v) is 9.94. The molecule has 1 aliphatic rings. The highest BCUT2D eigenvalue weighted by Crippen LogP contribution is 2.26. The van der Waals surface area contributed by atoms with Gasteiger partial charge in [-0.15, -0.1) is 0 Å². The van der Waals surface area contributed by atoms with Crippen LogP contribution < -0.4 is 5.32 Å². The van der Waals surface area contributed by atoms with Crippen LogP contribution in [0.1, 0.15) is 35.8 Å². The molecule has 0 bridgehead atoms. The minimum Gasteiger partial charge on any atom is -0.384 e. The summed E-state index contributed by atoms with van der Waals surface area (Å²) in [5.74, 6) is 2.72. The maximum Gasteiger partial charge on any atom is 0.253 e. The van der Waals surface area contributed by atoms with Crippen molar-refractivity contribution in [2.75, 3.05) is 39.2 Å². The Morgan fingerprint density at radius 2 is 1.93 bits per heavy atom. The van der Waals surface area contributed by atoms with Gasteiger partial charge < -0.3 is 15.0 Å². The van der Waals surface area contributed by atoms with E-state index in [0.717, 1.165) is 49.6 Å². The fourth-order valence-electron chi connectivity index (χ4n) is 3.84. The molecule has 0 aliphatic carbocycles. The summed E-state index contributed by atoms with van der Waals surface area (Å²) < 4.78 is 5.28. The third-order valence-electron chi connectivity index (χ3n) is 5.56. The molecule has 1 aromatic heterocycles. The van der Waals surface area contributed by atoms with Gasteiger partial charge >= 0.3 is 0 Å². The summed E-state index contributed by atoms with van der Waals surface area (Å²) in [7, 11) is 3.59. The molecular weight excluding hydrogens is 352 g/mol. The maximum atomic E-state index is 12.9. The number of nitrogens with one attached hydrogen (secondary N) is 1. The molecule has 6 heteroatoms. The number of amides is 1. The van der Waals surface area contributed by atoms with E-state index in [1.54, 1.807) is 7.11 Å². The third kappa shape index (κ3) is 4.68. The van der Waals surface area contributed by atoms with Gasteiger partial charge in [0.25, 0.3) is 5.91 Å². The lowest BCUT2D eigenvalue weighted by atomic mass is 9.86. The van der Waals surface area contributed by atoms with Crippen molar-refractivity contribution in [3.05, 3.63) is 41.6 Å². The molecule has 1 saturated heterocycles. The third-order valence-corrected chi connectivity index (χ3v) is 5.56. The molecule has 1 amide bonds. The Balaban J connectivity index is 1.65. The number of anilines is 1. The van der Waals surface area contributed by atoms with Gasteiger partial charge in [-0.3, -0.25) is 4.79 Å². The average molecular weight is 383 g/mol. The van der Waals surface area contributed by atoms with E-state index in [4.69, 9.17) is 4.74 Å². The summed E-state index contributed by atoms with van der Waals surface area (Å²) in [6, 6.07) is 9.51. The predicted octanol–water partition coefficient (Wildman–Crippen LogP) is 3.63. The Kier molecular flexibility index (Phi) is 6.62. The molecule has 1 N–H and O–H groups in total. The highest BCUT2D eigenvalue weighted by molar-refractivity contribution is 5.94. The van der Waals surface area contributed by atoms with E-state index in [2.05, 4.69) is 22.2 Å². The minimum atomic E-state index is 0.102. The monoisotopic (exact) mass is 382 g/mol. The van der Waals surface area contributed by atoms with Crippen molar-refractivity contribution in [2.24, 2.45) is 11.8 Å². The quantitative estimate of drug-likeness (QED) is 0.826. The highest BCUT2D eigenvalue weighted by atomic mass is 16.5. The normalized spacial score (nSPS) is 16.1. The molecule has 0 saturated carbocycles. The molecule has 0 radical (unpaired) electrons. The smallest absolute Gasteiger partial charge is 0.253 e. The number of piperidine rings is 1.